The number of rotatable bonds is 8. The van der Waals surface area contributed by atoms with Crippen LogP contribution in [0.3, 0.4) is 0 Å². The number of methoxy groups -OCH3 is 1. The molecule has 0 radical (unpaired) electrons. The van der Waals surface area contributed by atoms with Crippen LogP contribution in [0.25, 0.3) is 11.1 Å². The average Bonchev–Trinajstić information content (AvgIpc) is 3.08. The van der Waals surface area contributed by atoms with E-state index in [2.05, 4.69) is 10.6 Å². The van der Waals surface area contributed by atoms with Gasteiger partial charge in [-0.05, 0) is 27.7 Å². The van der Waals surface area contributed by atoms with E-state index in [4.69, 9.17) is 9.47 Å². The standard InChI is InChI=1S/C25H30N2O6/c1-25(2,3)21(23(29)30)27-22(28)20(14-32-4)26-24(31)33-13-19-17-11-7-5-9-15(17)16-10-6-8-12-18(16)19/h5-12,19-21H,13-14H2,1-4H3,(H,26,31)(H,27,28)(H,29,30)/t20-,21?/m0/s1. The highest BCUT2D eigenvalue weighted by Crippen LogP contribution is 2.44. The molecule has 3 N–H and O–H groups in total. The second kappa shape index (κ2) is 10.0. The van der Waals surface area contributed by atoms with Crippen molar-refractivity contribution in [3.8, 4) is 11.1 Å². The zero-order chi connectivity index (χ0) is 24.2. The van der Waals surface area contributed by atoms with Crippen molar-refractivity contribution in [1.29, 1.82) is 0 Å². The van der Waals surface area contributed by atoms with E-state index in [9.17, 15) is 19.5 Å². The quantitative estimate of drug-likeness (QED) is 0.565. The number of fused-ring (bicyclic) bond motifs is 3. The predicted molar refractivity (Wildman–Crippen MR) is 123 cm³/mol. The van der Waals surface area contributed by atoms with Crippen LogP contribution in [0.5, 0.6) is 0 Å². The lowest BCUT2D eigenvalue weighted by Crippen LogP contribution is -2.56. The third kappa shape index (κ3) is 5.51. The molecular formula is C25H30N2O6. The number of hydrogen-bond donors (Lipinski definition) is 3. The molecule has 8 nitrogen and oxygen atoms in total. The van der Waals surface area contributed by atoms with Gasteiger partial charge in [-0.25, -0.2) is 9.59 Å². The maximum atomic E-state index is 12.7. The molecule has 2 aromatic rings. The Bertz CT molecular complexity index is 984. The van der Waals surface area contributed by atoms with Gasteiger partial charge in [-0.1, -0.05) is 69.3 Å². The van der Waals surface area contributed by atoms with Crippen LogP contribution in [0, 0.1) is 5.41 Å². The summed E-state index contributed by atoms with van der Waals surface area (Å²) in [5, 5.41) is 14.4. The number of benzene rings is 2. The van der Waals surface area contributed by atoms with Crippen molar-refractivity contribution >= 4 is 18.0 Å². The Morgan fingerprint density at radius 3 is 2.00 bits per heavy atom. The molecule has 1 unspecified atom stereocenters. The van der Waals surface area contributed by atoms with E-state index in [1.165, 1.54) is 7.11 Å². The third-order valence-electron chi connectivity index (χ3n) is 5.69. The maximum absolute atomic E-state index is 12.7. The van der Waals surface area contributed by atoms with Crippen molar-refractivity contribution in [2.24, 2.45) is 5.41 Å². The van der Waals surface area contributed by atoms with Crippen molar-refractivity contribution in [3.05, 3.63) is 59.7 Å². The number of carbonyl (C=O) groups excluding carboxylic acids is 2. The summed E-state index contributed by atoms with van der Waals surface area (Å²) in [6, 6.07) is 13.7. The molecule has 0 heterocycles. The second-order valence-corrected chi connectivity index (χ2v) is 9.12. The summed E-state index contributed by atoms with van der Waals surface area (Å²) in [6.07, 6.45) is -0.781. The maximum Gasteiger partial charge on any atom is 0.407 e. The minimum Gasteiger partial charge on any atom is -0.480 e. The van der Waals surface area contributed by atoms with Crippen LogP contribution in [-0.4, -0.2) is 55.5 Å². The summed E-state index contributed by atoms with van der Waals surface area (Å²) in [5.74, 6) is -1.93. The van der Waals surface area contributed by atoms with Crippen molar-refractivity contribution in [1.82, 2.24) is 10.6 Å². The molecular weight excluding hydrogens is 424 g/mol. The van der Waals surface area contributed by atoms with Crippen LogP contribution in [0.1, 0.15) is 37.8 Å². The Balaban J connectivity index is 1.66. The molecule has 1 aliphatic rings. The minimum absolute atomic E-state index is 0.0981. The Morgan fingerprint density at radius 1 is 0.970 bits per heavy atom. The highest BCUT2D eigenvalue weighted by Gasteiger charge is 2.35. The lowest BCUT2D eigenvalue weighted by molar-refractivity contribution is -0.145. The summed E-state index contributed by atoms with van der Waals surface area (Å²) < 4.78 is 10.5. The number of aliphatic carboxylic acids is 1. The number of hydrogen-bond acceptors (Lipinski definition) is 5. The van der Waals surface area contributed by atoms with Gasteiger partial charge in [0.25, 0.3) is 0 Å². The summed E-state index contributed by atoms with van der Waals surface area (Å²) in [6.45, 7) is 5.08. The van der Waals surface area contributed by atoms with Crippen LogP contribution >= 0.6 is 0 Å². The fourth-order valence-corrected chi connectivity index (χ4v) is 4.02. The van der Waals surface area contributed by atoms with Crippen LogP contribution in [0.4, 0.5) is 4.79 Å². The number of alkyl carbamates (subject to hydrolysis) is 1. The van der Waals surface area contributed by atoms with Crippen LogP contribution < -0.4 is 10.6 Å². The van der Waals surface area contributed by atoms with Gasteiger partial charge in [0.15, 0.2) is 0 Å². The van der Waals surface area contributed by atoms with E-state index < -0.39 is 35.5 Å². The minimum atomic E-state index is -1.16. The number of nitrogens with one attached hydrogen (secondary N) is 2. The molecule has 3 rings (SSSR count). The Morgan fingerprint density at radius 2 is 1.52 bits per heavy atom. The topological polar surface area (TPSA) is 114 Å². The molecule has 0 saturated carbocycles. The van der Waals surface area contributed by atoms with Crippen LogP contribution in [-0.2, 0) is 19.1 Å². The van der Waals surface area contributed by atoms with Crippen LogP contribution in [0.2, 0.25) is 0 Å². The molecule has 0 aromatic heterocycles. The van der Waals surface area contributed by atoms with Gasteiger partial charge < -0.3 is 25.2 Å². The molecule has 0 saturated heterocycles. The van der Waals surface area contributed by atoms with E-state index in [-0.39, 0.29) is 19.1 Å². The van der Waals surface area contributed by atoms with E-state index in [0.29, 0.717) is 0 Å². The highest BCUT2D eigenvalue weighted by molar-refractivity contribution is 5.89. The molecule has 2 atom stereocenters. The fourth-order valence-electron chi connectivity index (χ4n) is 4.02. The smallest absolute Gasteiger partial charge is 0.407 e. The zero-order valence-corrected chi connectivity index (χ0v) is 19.3. The van der Waals surface area contributed by atoms with Gasteiger partial charge in [0.2, 0.25) is 5.91 Å². The molecule has 2 aromatic carbocycles. The summed E-state index contributed by atoms with van der Waals surface area (Å²) in [4.78, 5) is 36.8. The SMILES string of the molecule is COC[C@H](NC(=O)OCC1c2ccccc2-c2ccccc21)C(=O)NC(C(=O)O)C(C)(C)C. The first-order valence-electron chi connectivity index (χ1n) is 10.8. The third-order valence-corrected chi connectivity index (χ3v) is 5.69. The first-order valence-corrected chi connectivity index (χ1v) is 10.8. The van der Waals surface area contributed by atoms with Gasteiger partial charge >= 0.3 is 12.1 Å². The van der Waals surface area contributed by atoms with Crippen LogP contribution in [0.15, 0.2) is 48.5 Å². The van der Waals surface area contributed by atoms with Crippen molar-refractivity contribution < 1.29 is 29.0 Å². The van der Waals surface area contributed by atoms with Crippen molar-refractivity contribution in [2.75, 3.05) is 20.3 Å². The monoisotopic (exact) mass is 454 g/mol. The first-order chi connectivity index (χ1) is 15.6. The molecule has 0 aliphatic heterocycles. The lowest BCUT2D eigenvalue weighted by atomic mass is 9.86. The Labute approximate surface area is 193 Å². The van der Waals surface area contributed by atoms with Gasteiger partial charge in [0.1, 0.15) is 18.7 Å². The number of carbonyl (C=O) groups is 3. The zero-order valence-electron chi connectivity index (χ0n) is 19.3. The van der Waals surface area contributed by atoms with Crippen molar-refractivity contribution in [2.45, 2.75) is 38.8 Å². The average molecular weight is 455 g/mol. The highest BCUT2D eigenvalue weighted by atomic mass is 16.5. The van der Waals surface area contributed by atoms with Gasteiger partial charge in [0, 0.05) is 13.0 Å². The lowest BCUT2D eigenvalue weighted by Gasteiger charge is -2.29. The van der Waals surface area contributed by atoms with Crippen molar-refractivity contribution in [3.63, 3.8) is 0 Å². The molecule has 176 valence electrons. The van der Waals surface area contributed by atoms with E-state index in [1.54, 1.807) is 20.8 Å². The normalized spacial score (nSPS) is 14.5. The molecule has 0 fully saturated rings. The molecule has 8 heteroatoms. The number of carboxylic acids is 1. The van der Waals surface area contributed by atoms with Gasteiger partial charge in [-0.3, -0.25) is 4.79 Å². The first kappa shape index (κ1) is 24.3. The summed E-state index contributed by atoms with van der Waals surface area (Å²) in [5.41, 5.74) is 3.66. The number of ether oxygens (including phenoxy) is 2. The molecule has 0 spiro atoms. The Hall–Kier alpha value is -3.39. The van der Waals surface area contributed by atoms with Gasteiger partial charge in [0.05, 0.1) is 6.61 Å². The van der Waals surface area contributed by atoms with E-state index in [1.807, 2.05) is 48.5 Å². The van der Waals surface area contributed by atoms with Gasteiger partial charge in [-0.2, -0.15) is 0 Å². The number of amides is 2. The molecule has 2 amide bonds. The largest absolute Gasteiger partial charge is 0.480 e. The number of carboxylic acid groups (broad SMARTS) is 1. The fraction of sp³-hybridized carbons (Fsp3) is 0.400. The molecule has 1 aliphatic carbocycles. The summed E-state index contributed by atoms with van der Waals surface area (Å²) in [7, 11) is 1.39. The molecule has 0 bridgehead atoms. The van der Waals surface area contributed by atoms with Gasteiger partial charge in [-0.15, -0.1) is 0 Å². The van der Waals surface area contributed by atoms with E-state index in [0.717, 1.165) is 22.3 Å². The Kier molecular flexibility index (Phi) is 7.38. The summed E-state index contributed by atoms with van der Waals surface area (Å²) >= 11 is 0. The molecule has 33 heavy (non-hydrogen) atoms. The van der Waals surface area contributed by atoms with E-state index >= 15 is 0 Å². The predicted octanol–water partition coefficient (Wildman–Crippen LogP) is 3.16. The second-order valence-electron chi connectivity index (χ2n) is 9.12.